The largest absolute Gasteiger partial charge is 0.332 e. The molecule has 162 valence electrons. The fraction of sp³-hybridized carbons (Fsp3) is 0.0800. The molecule has 3 rings (SSSR count). The summed E-state index contributed by atoms with van der Waals surface area (Å²) in [4.78, 5) is 26.6. The first-order chi connectivity index (χ1) is 15.5. The number of benzene rings is 3. The topological polar surface area (TPSA) is 61.4 Å². The summed E-state index contributed by atoms with van der Waals surface area (Å²) in [6.45, 7) is 2.49. The van der Waals surface area contributed by atoms with Gasteiger partial charge in [0.05, 0.1) is 0 Å². The van der Waals surface area contributed by atoms with Crippen LogP contribution in [0.2, 0.25) is 5.02 Å². The molecule has 2 N–H and O–H groups in total. The summed E-state index contributed by atoms with van der Waals surface area (Å²) in [5, 5.41) is 6.33. The monoisotopic (exact) mass is 463 g/mol. The first kappa shape index (κ1) is 23.2. The maximum atomic E-state index is 12.9. The molecule has 7 heteroatoms. The minimum atomic E-state index is -0.356. The Morgan fingerprint density at radius 2 is 1.62 bits per heavy atom. The van der Waals surface area contributed by atoms with Gasteiger partial charge in [0.25, 0.3) is 5.91 Å². The quantitative estimate of drug-likeness (QED) is 0.372. The van der Waals surface area contributed by atoms with E-state index in [9.17, 15) is 9.59 Å². The zero-order valence-corrected chi connectivity index (χ0v) is 19.0. The van der Waals surface area contributed by atoms with Crippen LogP contribution in [-0.2, 0) is 4.79 Å². The first-order valence-corrected chi connectivity index (χ1v) is 10.8. The molecule has 0 aliphatic heterocycles. The predicted molar refractivity (Wildman–Crippen MR) is 135 cm³/mol. The number of para-hydroxylation sites is 1. The first-order valence-electron chi connectivity index (χ1n) is 9.99. The van der Waals surface area contributed by atoms with Gasteiger partial charge in [-0.15, -0.1) is 0 Å². The normalized spacial score (nSPS) is 10.6. The summed E-state index contributed by atoms with van der Waals surface area (Å²) < 4.78 is 0. The van der Waals surface area contributed by atoms with E-state index in [1.54, 1.807) is 47.4 Å². The summed E-state index contributed by atoms with van der Waals surface area (Å²) >= 11 is 11.0. The lowest BCUT2D eigenvalue weighted by atomic mass is 10.1. The number of nitrogens with one attached hydrogen (secondary N) is 2. The second-order valence-electron chi connectivity index (χ2n) is 6.79. The number of thiocarbonyl (C=S) groups is 1. The third kappa shape index (κ3) is 6.51. The van der Waals surface area contributed by atoms with Crippen molar-refractivity contribution in [3.63, 3.8) is 0 Å². The number of anilines is 2. The van der Waals surface area contributed by atoms with Gasteiger partial charge in [0.2, 0.25) is 5.91 Å². The Balaban J connectivity index is 1.56. The minimum Gasteiger partial charge on any atom is -0.332 e. The summed E-state index contributed by atoms with van der Waals surface area (Å²) in [6.07, 6.45) is 3.06. The van der Waals surface area contributed by atoms with Gasteiger partial charge in [-0.25, -0.2) is 0 Å². The smallest absolute Gasteiger partial charge is 0.258 e. The molecule has 0 unspecified atom stereocenters. The molecule has 5 nitrogen and oxygen atoms in total. The van der Waals surface area contributed by atoms with Gasteiger partial charge in [-0.3, -0.25) is 14.9 Å². The standard InChI is InChI=1S/C25H22ClN3O2S/c1-2-29(22-6-4-3-5-7-22)24(31)19-11-15-21(16-12-19)27-25(32)28-23(30)17-10-18-8-13-20(26)14-9-18/h3-17H,2H2,1H3,(H2,27,28,30,32)/b17-10+. The van der Waals surface area contributed by atoms with E-state index in [4.69, 9.17) is 23.8 Å². The van der Waals surface area contributed by atoms with Gasteiger partial charge in [0.15, 0.2) is 5.11 Å². The summed E-state index contributed by atoms with van der Waals surface area (Å²) in [5.74, 6) is -0.445. The Bertz CT molecular complexity index is 1110. The van der Waals surface area contributed by atoms with E-state index < -0.39 is 0 Å². The Morgan fingerprint density at radius 1 is 0.969 bits per heavy atom. The van der Waals surface area contributed by atoms with E-state index in [2.05, 4.69) is 10.6 Å². The van der Waals surface area contributed by atoms with Crippen LogP contribution in [-0.4, -0.2) is 23.5 Å². The lowest BCUT2D eigenvalue weighted by Crippen LogP contribution is -2.33. The number of carbonyl (C=O) groups is 2. The Hall–Kier alpha value is -3.48. The van der Waals surface area contributed by atoms with Crippen LogP contribution in [0.25, 0.3) is 6.08 Å². The summed E-state index contributed by atoms with van der Waals surface area (Å²) in [7, 11) is 0. The number of nitrogens with zero attached hydrogens (tertiary/aromatic N) is 1. The number of hydrogen-bond acceptors (Lipinski definition) is 3. The van der Waals surface area contributed by atoms with Crippen molar-refractivity contribution in [2.75, 3.05) is 16.8 Å². The van der Waals surface area contributed by atoms with Crippen molar-refractivity contribution in [1.82, 2.24) is 5.32 Å². The van der Waals surface area contributed by atoms with Crippen LogP contribution in [0.5, 0.6) is 0 Å². The van der Waals surface area contributed by atoms with E-state index in [0.29, 0.717) is 22.8 Å². The molecule has 32 heavy (non-hydrogen) atoms. The predicted octanol–water partition coefficient (Wildman–Crippen LogP) is 5.53. The molecule has 3 aromatic carbocycles. The van der Waals surface area contributed by atoms with Crippen LogP contribution < -0.4 is 15.5 Å². The molecule has 2 amide bonds. The second-order valence-corrected chi connectivity index (χ2v) is 7.64. The molecule has 0 bridgehead atoms. The van der Waals surface area contributed by atoms with Gasteiger partial charge in [-0.1, -0.05) is 41.9 Å². The van der Waals surface area contributed by atoms with Crippen LogP contribution >= 0.6 is 23.8 Å². The van der Waals surface area contributed by atoms with Gasteiger partial charge in [0, 0.05) is 34.6 Å². The third-order valence-corrected chi connectivity index (χ3v) is 5.01. The highest BCUT2D eigenvalue weighted by Gasteiger charge is 2.15. The van der Waals surface area contributed by atoms with Crippen molar-refractivity contribution in [2.24, 2.45) is 0 Å². The van der Waals surface area contributed by atoms with Crippen molar-refractivity contribution in [3.05, 3.63) is 101 Å². The minimum absolute atomic E-state index is 0.0894. The fourth-order valence-electron chi connectivity index (χ4n) is 2.97. The highest BCUT2D eigenvalue weighted by atomic mass is 35.5. The van der Waals surface area contributed by atoms with Crippen molar-refractivity contribution < 1.29 is 9.59 Å². The molecule has 0 aromatic heterocycles. The Labute approximate surface area is 197 Å². The lowest BCUT2D eigenvalue weighted by molar-refractivity contribution is -0.115. The van der Waals surface area contributed by atoms with Crippen molar-refractivity contribution >= 4 is 58.2 Å². The van der Waals surface area contributed by atoms with Crippen LogP contribution in [0.3, 0.4) is 0 Å². The number of hydrogen-bond donors (Lipinski definition) is 2. The average Bonchev–Trinajstić information content (AvgIpc) is 2.80. The molecule has 0 saturated carbocycles. The number of halogens is 1. The van der Waals surface area contributed by atoms with Crippen LogP contribution in [0.15, 0.2) is 84.9 Å². The fourth-order valence-corrected chi connectivity index (χ4v) is 3.31. The average molecular weight is 464 g/mol. The van der Waals surface area contributed by atoms with Gasteiger partial charge in [-0.2, -0.15) is 0 Å². The molecule has 0 fully saturated rings. The zero-order valence-electron chi connectivity index (χ0n) is 17.4. The van der Waals surface area contributed by atoms with E-state index in [-0.39, 0.29) is 16.9 Å². The Morgan fingerprint density at radius 3 is 2.25 bits per heavy atom. The number of amides is 2. The molecule has 0 saturated heterocycles. The molecular weight excluding hydrogens is 442 g/mol. The highest BCUT2D eigenvalue weighted by molar-refractivity contribution is 7.80. The van der Waals surface area contributed by atoms with E-state index in [1.165, 1.54) is 6.08 Å². The maximum absolute atomic E-state index is 12.9. The number of rotatable bonds is 6. The van der Waals surface area contributed by atoms with Gasteiger partial charge in [0.1, 0.15) is 0 Å². The highest BCUT2D eigenvalue weighted by Crippen LogP contribution is 2.18. The van der Waals surface area contributed by atoms with Crippen molar-refractivity contribution in [1.29, 1.82) is 0 Å². The van der Waals surface area contributed by atoms with E-state index in [0.717, 1.165) is 11.3 Å². The van der Waals surface area contributed by atoms with Gasteiger partial charge < -0.3 is 10.2 Å². The Kier molecular flexibility index (Phi) is 8.14. The lowest BCUT2D eigenvalue weighted by Gasteiger charge is -2.21. The van der Waals surface area contributed by atoms with Gasteiger partial charge in [-0.05, 0) is 79.3 Å². The molecule has 0 spiro atoms. The molecule has 0 aliphatic rings. The van der Waals surface area contributed by atoms with Gasteiger partial charge >= 0.3 is 0 Å². The molecule has 0 atom stereocenters. The maximum Gasteiger partial charge on any atom is 0.258 e. The molecule has 0 aliphatic carbocycles. The molecule has 0 heterocycles. The second kappa shape index (κ2) is 11.2. The van der Waals surface area contributed by atoms with E-state index in [1.807, 2.05) is 49.4 Å². The molecule has 0 radical (unpaired) electrons. The van der Waals surface area contributed by atoms with Crippen LogP contribution in [0.1, 0.15) is 22.8 Å². The van der Waals surface area contributed by atoms with Crippen LogP contribution in [0.4, 0.5) is 11.4 Å². The van der Waals surface area contributed by atoms with Crippen molar-refractivity contribution in [2.45, 2.75) is 6.92 Å². The zero-order chi connectivity index (χ0) is 22.9. The summed E-state index contributed by atoms with van der Waals surface area (Å²) in [5.41, 5.74) is 2.91. The van der Waals surface area contributed by atoms with Crippen LogP contribution in [0, 0.1) is 0 Å². The van der Waals surface area contributed by atoms with Crippen molar-refractivity contribution in [3.8, 4) is 0 Å². The molecular formula is C25H22ClN3O2S. The SMILES string of the molecule is CCN(C(=O)c1ccc(NC(=S)NC(=O)/C=C/c2ccc(Cl)cc2)cc1)c1ccccc1. The third-order valence-electron chi connectivity index (χ3n) is 4.55. The summed E-state index contributed by atoms with van der Waals surface area (Å²) in [6, 6.07) is 23.6. The van der Waals surface area contributed by atoms with E-state index >= 15 is 0 Å². The molecule has 3 aromatic rings. The number of carbonyl (C=O) groups excluding carboxylic acids is 2.